The first-order valence-electron chi connectivity index (χ1n) is 9.17. The van der Waals surface area contributed by atoms with Crippen LogP contribution < -0.4 is 15.4 Å². The Labute approximate surface area is 170 Å². The van der Waals surface area contributed by atoms with Gasteiger partial charge in [0.2, 0.25) is 0 Å². The zero-order chi connectivity index (χ0) is 21.0. The number of sulfone groups is 1. The van der Waals surface area contributed by atoms with Gasteiger partial charge in [-0.1, -0.05) is 30.3 Å². The second-order valence-electron chi connectivity index (χ2n) is 6.94. The Morgan fingerprint density at radius 1 is 1.00 bits per heavy atom. The van der Waals surface area contributed by atoms with Gasteiger partial charge in [-0.05, 0) is 59.2 Å². The average Bonchev–Trinajstić information content (AvgIpc) is 2.71. The molecule has 0 saturated heterocycles. The van der Waals surface area contributed by atoms with Crippen molar-refractivity contribution in [2.24, 2.45) is 0 Å². The molecule has 0 heterocycles. The summed E-state index contributed by atoms with van der Waals surface area (Å²) in [6, 6.07) is 17.8. The molecule has 29 heavy (non-hydrogen) atoms. The molecule has 0 aliphatic heterocycles. The summed E-state index contributed by atoms with van der Waals surface area (Å²) in [5, 5.41) is 7.86. The maximum absolute atomic E-state index is 12.2. The second kappa shape index (κ2) is 8.53. The number of hydrogen-bond donors (Lipinski definition) is 2. The number of rotatable bonds is 6. The smallest absolute Gasteiger partial charge is 0.315 e. The van der Waals surface area contributed by atoms with Crippen molar-refractivity contribution in [2.45, 2.75) is 24.4 Å². The lowest BCUT2D eigenvalue weighted by Crippen LogP contribution is -2.36. The molecule has 0 unspecified atom stereocenters. The molecule has 0 aliphatic carbocycles. The number of carbonyl (C=O) groups excluding carboxylic acids is 1. The molecule has 0 aliphatic rings. The summed E-state index contributed by atoms with van der Waals surface area (Å²) >= 11 is 0. The van der Waals surface area contributed by atoms with Crippen LogP contribution in [0, 0.1) is 0 Å². The van der Waals surface area contributed by atoms with Gasteiger partial charge in [0.15, 0.2) is 9.84 Å². The predicted octanol–water partition coefficient (Wildman–Crippen LogP) is 3.81. The Balaban J connectivity index is 1.58. The highest BCUT2D eigenvalue weighted by molar-refractivity contribution is 7.90. The summed E-state index contributed by atoms with van der Waals surface area (Å²) < 4.78 is 28.3. The van der Waals surface area contributed by atoms with Crippen LogP contribution in [0.3, 0.4) is 0 Å². The third kappa shape index (κ3) is 5.26. The third-order valence-corrected chi connectivity index (χ3v) is 5.85. The van der Waals surface area contributed by atoms with Gasteiger partial charge in [0, 0.05) is 12.8 Å². The first-order chi connectivity index (χ1) is 13.8. The van der Waals surface area contributed by atoms with Crippen molar-refractivity contribution in [1.29, 1.82) is 0 Å². The van der Waals surface area contributed by atoms with Gasteiger partial charge in [0.25, 0.3) is 0 Å². The van der Waals surface area contributed by atoms with Gasteiger partial charge >= 0.3 is 6.03 Å². The highest BCUT2D eigenvalue weighted by Gasteiger charge is 2.12. The molecule has 0 saturated carbocycles. The zero-order valence-electron chi connectivity index (χ0n) is 16.6. The SMILES string of the molecule is COc1ccc2cc(CNC(=O)N[C@@H](C)c3ccc(S(C)(=O)=O)cc3)ccc2c1. The van der Waals surface area contributed by atoms with E-state index < -0.39 is 9.84 Å². The molecule has 152 valence electrons. The zero-order valence-corrected chi connectivity index (χ0v) is 17.4. The van der Waals surface area contributed by atoms with E-state index in [2.05, 4.69) is 10.6 Å². The van der Waals surface area contributed by atoms with Crippen LogP contribution in [0.1, 0.15) is 24.1 Å². The van der Waals surface area contributed by atoms with E-state index in [-0.39, 0.29) is 17.0 Å². The Hall–Kier alpha value is -3.06. The van der Waals surface area contributed by atoms with Gasteiger partial charge in [-0.2, -0.15) is 0 Å². The number of methoxy groups -OCH3 is 1. The highest BCUT2D eigenvalue weighted by atomic mass is 32.2. The number of ether oxygens (including phenoxy) is 1. The Bertz CT molecular complexity index is 1130. The number of benzene rings is 3. The lowest BCUT2D eigenvalue weighted by Gasteiger charge is -2.15. The molecule has 2 amide bonds. The van der Waals surface area contributed by atoms with Crippen molar-refractivity contribution in [2.75, 3.05) is 13.4 Å². The monoisotopic (exact) mass is 412 g/mol. The van der Waals surface area contributed by atoms with Crippen LogP contribution in [0.15, 0.2) is 65.6 Å². The van der Waals surface area contributed by atoms with Crippen molar-refractivity contribution >= 4 is 26.6 Å². The molecule has 2 N–H and O–H groups in total. The van der Waals surface area contributed by atoms with Crippen LogP contribution in [0.25, 0.3) is 10.8 Å². The summed E-state index contributed by atoms with van der Waals surface area (Å²) in [5.74, 6) is 0.807. The van der Waals surface area contributed by atoms with Crippen molar-refractivity contribution < 1.29 is 17.9 Å². The second-order valence-corrected chi connectivity index (χ2v) is 8.95. The summed E-state index contributed by atoms with van der Waals surface area (Å²) in [4.78, 5) is 12.5. The van der Waals surface area contributed by atoms with Gasteiger partial charge in [-0.3, -0.25) is 0 Å². The molecule has 3 aromatic rings. The topological polar surface area (TPSA) is 84.5 Å². The fourth-order valence-corrected chi connectivity index (χ4v) is 3.66. The van der Waals surface area contributed by atoms with Crippen molar-refractivity contribution in [3.05, 3.63) is 71.8 Å². The first kappa shape index (κ1) is 20.7. The molecule has 0 radical (unpaired) electrons. The van der Waals surface area contributed by atoms with Crippen LogP contribution in [-0.2, 0) is 16.4 Å². The lowest BCUT2D eigenvalue weighted by atomic mass is 10.1. The summed E-state index contributed by atoms with van der Waals surface area (Å²) in [6.07, 6.45) is 1.17. The molecule has 3 aromatic carbocycles. The largest absolute Gasteiger partial charge is 0.497 e. The Kier molecular flexibility index (Phi) is 6.08. The predicted molar refractivity (Wildman–Crippen MR) is 114 cm³/mol. The van der Waals surface area contributed by atoms with E-state index in [4.69, 9.17) is 4.74 Å². The molecular formula is C22H24N2O4S. The van der Waals surface area contributed by atoms with Gasteiger partial charge in [-0.15, -0.1) is 0 Å². The fraction of sp³-hybridized carbons (Fsp3) is 0.227. The lowest BCUT2D eigenvalue weighted by molar-refractivity contribution is 0.237. The summed E-state index contributed by atoms with van der Waals surface area (Å²) in [6.45, 7) is 2.24. The molecule has 0 fully saturated rings. The maximum Gasteiger partial charge on any atom is 0.315 e. The van der Waals surface area contributed by atoms with E-state index in [1.807, 2.05) is 43.3 Å². The van der Waals surface area contributed by atoms with E-state index in [1.54, 1.807) is 31.4 Å². The van der Waals surface area contributed by atoms with Gasteiger partial charge in [0.1, 0.15) is 5.75 Å². The van der Waals surface area contributed by atoms with Crippen molar-refractivity contribution in [3.63, 3.8) is 0 Å². The number of amides is 2. The van der Waals surface area contributed by atoms with Gasteiger partial charge in [-0.25, -0.2) is 13.2 Å². The molecule has 7 heteroatoms. The van der Waals surface area contributed by atoms with E-state index in [0.717, 1.165) is 27.6 Å². The fourth-order valence-electron chi connectivity index (χ4n) is 3.03. The Morgan fingerprint density at radius 3 is 2.31 bits per heavy atom. The first-order valence-corrected chi connectivity index (χ1v) is 11.1. The maximum atomic E-state index is 12.2. The number of hydrogen-bond acceptors (Lipinski definition) is 4. The number of urea groups is 1. The van der Waals surface area contributed by atoms with Crippen LogP contribution in [0.4, 0.5) is 4.79 Å². The number of carbonyl (C=O) groups is 1. The average molecular weight is 413 g/mol. The molecule has 1 atom stereocenters. The molecule has 6 nitrogen and oxygen atoms in total. The van der Waals surface area contributed by atoms with E-state index >= 15 is 0 Å². The molecule has 3 rings (SSSR count). The van der Waals surface area contributed by atoms with Gasteiger partial charge < -0.3 is 15.4 Å². The molecule has 0 aromatic heterocycles. The van der Waals surface area contributed by atoms with Crippen LogP contribution >= 0.6 is 0 Å². The summed E-state index contributed by atoms with van der Waals surface area (Å²) in [7, 11) is -1.60. The van der Waals surface area contributed by atoms with Crippen LogP contribution in [0.5, 0.6) is 5.75 Å². The standard InChI is InChI=1S/C22H24N2O4S/c1-15(17-7-10-21(11-8-17)29(3,26)27)24-22(25)23-14-16-4-5-19-13-20(28-2)9-6-18(19)12-16/h4-13,15H,14H2,1-3H3,(H2,23,24,25)/t15-/m0/s1. The highest BCUT2D eigenvalue weighted by Crippen LogP contribution is 2.22. The number of fused-ring (bicyclic) bond motifs is 1. The minimum absolute atomic E-state index is 0.256. The Morgan fingerprint density at radius 2 is 1.66 bits per heavy atom. The number of nitrogens with one attached hydrogen (secondary N) is 2. The molecular weight excluding hydrogens is 388 g/mol. The van der Waals surface area contributed by atoms with E-state index in [1.165, 1.54) is 6.26 Å². The molecule has 0 spiro atoms. The summed E-state index contributed by atoms with van der Waals surface area (Å²) in [5.41, 5.74) is 1.81. The van der Waals surface area contributed by atoms with Gasteiger partial charge in [0.05, 0.1) is 18.0 Å². The van der Waals surface area contributed by atoms with E-state index in [9.17, 15) is 13.2 Å². The van der Waals surface area contributed by atoms with Crippen molar-refractivity contribution in [1.82, 2.24) is 10.6 Å². The van der Waals surface area contributed by atoms with Crippen molar-refractivity contribution in [3.8, 4) is 5.75 Å². The quantitative estimate of drug-likeness (QED) is 0.645. The molecule has 0 bridgehead atoms. The van der Waals surface area contributed by atoms with Crippen LogP contribution in [0.2, 0.25) is 0 Å². The minimum atomic E-state index is -3.23. The minimum Gasteiger partial charge on any atom is -0.497 e. The normalized spacial score (nSPS) is 12.4. The third-order valence-electron chi connectivity index (χ3n) is 4.72. The van der Waals surface area contributed by atoms with Crippen LogP contribution in [-0.4, -0.2) is 27.8 Å². The van der Waals surface area contributed by atoms with E-state index in [0.29, 0.717) is 6.54 Å².